The number of nitrogens with zero attached hydrogens (tertiary/aromatic N) is 2. The number of anilines is 1. The van der Waals surface area contributed by atoms with E-state index in [1.165, 1.54) is 12.0 Å². The Morgan fingerprint density at radius 2 is 1.70 bits per heavy atom. The summed E-state index contributed by atoms with van der Waals surface area (Å²) in [4.78, 5) is 28.0. The molecule has 0 saturated heterocycles. The fraction of sp³-hybridized carbons (Fsp3) is 0.300. The van der Waals surface area contributed by atoms with E-state index in [2.05, 4.69) is 15.9 Å². The van der Waals surface area contributed by atoms with Crippen LogP contribution in [0.25, 0.3) is 0 Å². The molecular weight excluding hydrogens is 412 g/mol. The van der Waals surface area contributed by atoms with E-state index in [1.807, 2.05) is 43.3 Å². The fourth-order valence-electron chi connectivity index (χ4n) is 2.36. The van der Waals surface area contributed by atoms with Crippen LogP contribution in [0.3, 0.4) is 0 Å². The number of halogens is 1. The van der Waals surface area contributed by atoms with Crippen LogP contribution < -0.4 is 9.64 Å². The zero-order valence-electron chi connectivity index (χ0n) is 15.9. The number of amides is 1. The maximum atomic E-state index is 12.3. The molecule has 2 aromatic carbocycles. The maximum absolute atomic E-state index is 12.3. The van der Waals surface area contributed by atoms with Crippen molar-refractivity contribution >= 4 is 33.5 Å². The lowest BCUT2D eigenvalue weighted by atomic mass is 10.2. The van der Waals surface area contributed by atoms with E-state index in [0.29, 0.717) is 22.3 Å². The second-order valence-corrected chi connectivity index (χ2v) is 7.09. The van der Waals surface area contributed by atoms with Gasteiger partial charge in [0.1, 0.15) is 5.75 Å². The van der Waals surface area contributed by atoms with E-state index >= 15 is 0 Å². The van der Waals surface area contributed by atoms with E-state index in [1.54, 1.807) is 25.2 Å². The van der Waals surface area contributed by atoms with Crippen molar-refractivity contribution < 1.29 is 19.1 Å². The first-order valence-corrected chi connectivity index (χ1v) is 9.12. The van der Waals surface area contributed by atoms with Crippen molar-refractivity contribution in [1.82, 2.24) is 4.90 Å². The second-order valence-electron chi connectivity index (χ2n) is 6.23. The van der Waals surface area contributed by atoms with Gasteiger partial charge in [0.05, 0.1) is 12.7 Å². The topological polar surface area (TPSA) is 59.1 Å². The quantitative estimate of drug-likeness (QED) is 0.625. The Balaban J connectivity index is 1.91. The minimum atomic E-state index is -0.585. The molecule has 0 aromatic heterocycles. The van der Waals surface area contributed by atoms with Crippen LogP contribution in [0.1, 0.15) is 15.9 Å². The minimum Gasteiger partial charge on any atom is -0.497 e. The van der Waals surface area contributed by atoms with Crippen LogP contribution in [0, 0.1) is 0 Å². The summed E-state index contributed by atoms with van der Waals surface area (Å²) in [5.41, 5.74) is 2.40. The van der Waals surface area contributed by atoms with Crippen molar-refractivity contribution in [2.45, 2.75) is 6.54 Å². The molecule has 1 amide bonds. The third kappa shape index (κ3) is 5.72. The highest BCUT2D eigenvalue weighted by Gasteiger charge is 2.16. The summed E-state index contributed by atoms with van der Waals surface area (Å²) in [7, 11) is 7.14. The van der Waals surface area contributed by atoms with Crippen LogP contribution in [0.4, 0.5) is 5.69 Å². The van der Waals surface area contributed by atoms with Gasteiger partial charge < -0.3 is 19.3 Å². The summed E-state index contributed by atoms with van der Waals surface area (Å²) in [6, 6.07) is 12.9. The van der Waals surface area contributed by atoms with Gasteiger partial charge in [-0.15, -0.1) is 0 Å². The summed E-state index contributed by atoms with van der Waals surface area (Å²) in [6.07, 6.45) is 0. The molecule has 0 radical (unpaired) electrons. The molecule has 0 unspecified atom stereocenters. The molecule has 2 aromatic rings. The van der Waals surface area contributed by atoms with E-state index in [9.17, 15) is 9.59 Å². The summed E-state index contributed by atoms with van der Waals surface area (Å²) in [5, 5.41) is 0. The number of ether oxygens (including phenoxy) is 2. The number of methoxy groups -OCH3 is 1. The molecular formula is C20H23BrN2O4. The Morgan fingerprint density at radius 1 is 1.04 bits per heavy atom. The van der Waals surface area contributed by atoms with Gasteiger partial charge in [-0.25, -0.2) is 4.79 Å². The molecule has 0 atom stereocenters. The highest BCUT2D eigenvalue weighted by molar-refractivity contribution is 9.10. The zero-order chi connectivity index (χ0) is 20.0. The smallest absolute Gasteiger partial charge is 0.339 e. The molecule has 0 aliphatic heterocycles. The van der Waals surface area contributed by atoms with Gasteiger partial charge in [-0.05, 0) is 51.8 Å². The maximum Gasteiger partial charge on any atom is 0.339 e. The first-order chi connectivity index (χ1) is 12.8. The lowest BCUT2D eigenvalue weighted by Gasteiger charge is -2.18. The Hall–Kier alpha value is -2.54. The standard InChI is InChI=1S/C20H23BrN2O4/c1-22(2)15-7-5-14(6-8-15)12-23(3)19(24)13-27-20(25)17-11-16(26-4)9-10-18(17)21/h5-11H,12-13H2,1-4H3. The number of likely N-dealkylation sites (N-methyl/N-ethyl adjacent to an activating group) is 1. The molecule has 0 saturated carbocycles. The van der Waals surface area contributed by atoms with Crippen molar-refractivity contribution in [3.8, 4) is 5.75 Å². The first kappa shape index (κ1) is 20.8. The van der Waals surface area contributed by atoms with E-state index in [-0.39, 0.29) is 12.5 Å². The van der Waals surface area contributed by atoms with Crippen LogP contribution >= 0.6 is 15.9 Å². The molecule has 144 valence electrons. The molecule has 6 nitrogen and oxygen atoms in total. The van der Waals surface area contributed by atoms with Crippen molar-refractivity contribution in [2.75, 3.05) is 39.8 Å². The Labute approximate surface area is 167 Å². The van der Waals surface area contributed by atoms with Crippen LogP contribution in [-0.4, -0.2) is 51.6 Å². The molecule has 0 bridgehead atoms. The summed E-state index contributed by atoms with van der Waals surface area (Å²) >= 11 is 3.30. The molecule has 0 fully saturated rings. The summed E-state index contributed by atoms with van der Waals surface area (Å²) < 4.78 is 10.8. The van der Waals surface area contributed by atoms with Gasteiger partial charge in [0.15, 0.2) is 6.61 Å². The van der Waals surface area contributed by atoms with Crippen molar-refractivity contribution in [1.29, 1.82) is 0 Å². The van der Waals surface area contributed by atoms with Crippen molar-refractivity contribution in [3.05, 3.63) is 58.1 Å². The third-order valence-corrected chi connectivity index (χ3v) is 4.71. The fourth-order valence-corrected chi connectivity index (χ4v) is 2.77. The molecule has 0 N–H and O–H groups in total. The molecule has 7 heteroatoms. The number of carbonyl (C=O) groups excluding carboxylic acids is 2. The molecule has 0 heterocycles. The Kier molecular flexibility index (Phi) is 7.24. The highest BCUT2D eigenvalue weighted by Crippen LogP contribution is 2.23. The first-order valence-electron chi connectivity index (χ1n) is 8.32. The van der Waals surface area contributed by atoms with Gasteiger partial charge in [-0.1, -0.05) is 12.1 Å². The van der Waals surface area contributed by atoms with Gasteiger partial charge in [-0.3, -0.25) is 4.79 Å². The lowest BCUT2D eigenvalue weighted by Crippen LogP contribution is -2.30. The summed E-state index contributed by atoms with van der Waals surface area (Å²) in [6.45, 7) is 0.113. The Morgan fingerprint density at radius 3 is 2.30 bits per heavy atom. The SMILES string of the molecule is COc1ccc(Br)c(C(=O)OCC(=O)N(C)Cc2ccc(N(C)C)cc2)c1. The highest BCUT2D eigenvalue weighted by atomic mass is 79.9. The van der Waals surface area contributed by atoms with Gasteiger partial charge in [0.2, 0.25) is 0 Å². The number of esters is 1. The number of hydrogen-bond donors (Lipinski definition) is 0. The number of carbonyl (C=O) groups is 2. The van der Waals surface area contributed by atoms with E-state index in [4.69, 9.17) is 9.47 Å². The third-order valence-electron chi connectivity index (χ3n) is 4.02. The molecule has 0 spiro atoms. The van der Waals surface area contributed by atoms with Crippen LogP contribution in [0.15, 0.2) is 46.9 Å². The van der Waals surface area contributed by atoms with Crippen molar-refractivity contribution in [3.63, 3.8) is 0 Å². The second kappa shape index (κ2) is 9.41. The van der Waals surface area contributed by atoms with Crippen LogP contribution in [0.5, 0.6) is 5.75 Å². The molecule has 27 heavy (non-hydrogen) atoms. The lowest BCUT2D eigenvalue weighted by molar-refractivity contribution is -0.133. The van der Waals surface area contributed by atoms with Gasteiger partial charge in [0, 0.05) is 37.8 Å². The van der Waals surface area contributed by atoms with E-state index in [0.717, 1.165) is 11.3 Å². The average Bonchev–Trinajstić information content (AvgIpc) is 2.66. The largest absolute Gasteiger partial charge is 0.497 e. The monoisotopic (exact) mass is 434 g/mol. The zero-order valence-corrected chi connectivity index (χ0v) is 17.4. The Bertz CT molecular complexity index is 806. The van der Waals surface area contributed by atoms with Crippen molar-refractivity contribution in [2.24, 2.45) is 0 Å². The molecule has 0 aliphatic carbocycles. The number of hydrogen-bond acceptors (Lipinski definition) is 5. The van der Waals surface area contributed by atoms with Gasteiger partial charge in [-0.2, -0.15) is 0 Å². The predicted molar refractivity (Wildman–Crippen MR) is 108 cm³/mol. The molecule has 2 rings (SSSR count). The van der Waals surface area contributed by atoms with Gasteiger partial charge >= 0.3 is 5.97 Å². The van der Waals surface area contributed by atoms with Gasteiger partial charge in [0.25, 0.3) is 5.91 Å². The predicted octanol–water partition coefficient (Wildman–Crippen LogP) is 3.34. The van der Waals surface area contributed by atoms with Crippen LogP contribution in [-0.2, 0) is 16.1 Å². The van der Waals surface area contributed by atoms with Crippen LogP contribution in [0.2, 0.25) is 0 Å². The van der Waals surface area contributed by atoms with E-state index < -0.39 is 5.97 Å². The molecule has 0 aliphatic rings. The number of rotatable bonds is 7. The number of benzene rings is 2. The average molecular weight is 435 g/mol. The minimum absolute atomic E-state index is 0.279. The summed E-state index contributed by atoms with van der Waals surface area (Å²) in [5.74, 6) is -0.327. The normalized spacial score (nSPS) is 10.3.